The SMILES string of the molecule is COc1ccc(/C=C(/NC(=O)c2ccccc2)C(=O)Nc2cccc(SC(C(=O)Nc3nc(-c4ccc(Cl)cc4)cs3)c3ccccc3)c2)cc1OC. The number of nitrogens with zero attached hydrogens (tertiary/aromatic N) is 1. The van der Waals surface area contributed by atoms with Crippen LogP contribution in [0.3, 0.4) is 0 Å². The van der Waals surface area contributed by atoms with E-state index >= 15 is 0 Å². The molecule has 3 amide bonds. The molecule has 0 aliphatic carbocycles. The molecule has 0 fully saturated rings. The maximum Gasteiger partial charge on any atom is 0.272 e. The molecule has 12 heteroatoms. The van der Waals surface area contributed by atoms with Gasteiger partial charge in [-0.2, -0.15) is 0 Å². The van der Waals surface area contributed by atoms with Crippen molar-refractivity contribution in [3.63, 3.8) is 0 Å². The minimum Gasteiger partial charge on any atom is -0.493 e. The number of nitrogens with one attached hydrogen (secondary N) is 3. The number of benzene rings is 5. The Kier molecular flexibility index (Phi) is 12.2. The predicted octanol–water partition coefficient (Wildman–Crippen LogP) is 9.36. The van der Waals surface area contributed by atoms with E-state index in [9.17, 15) is 14.4 Å². The van der Waals surface area contributed by atoms with E-state index in [0.29, 0.717) is 38.5 Å². The molecule has 1 aromatic heterocycles. The molecule has 1 heterocycles. The lowest BCUT2D eigenvalue weighted by atomic mass is 10.1. The minimum atomic E-state index is -0.643. The lowest BCUT2D eigenvalue weighted by Gasteiger charge is -2.17. The fourth-order valence-electron chi connectivity index (χ4n) is 5.19. The second kappa shape index (κ2) is 17.6. The van der Waals surface area contributed by atoms with Gasteiger partial charge in [-0.05, 0) is 71.8 Å². The Morgan fingerprint density at radius 2 is 1.51 bits per heavy atom. The molecular weight excluding hydrogens is 728 g/mol. The standard InChI is InChI=1S/C41H33ClN4O5S2/c1-50-35-21-16-26(23-36(35)51-2)22-33(44-38(47)29-12-7-4-8-13-29)39(48)43-31-14-9-15-32(24-31)53-37(28-10-5-3-6-11-28)40(49)46-41-45-34(25-52-41)27-17-19-30(42)20-18-27/h3-25,37H,1-2H3,(H,43,48)(H,44,47)(H,45,46,49)/b33-22+. The van der Waals surface area contributed by atoms with Crippen molar-refractivity contribution in [1.82, 2.24) is 10.3 Å². The summed E-state index contributed by atoms with van der Waals surface area (Å²) < 4.78 is 10.8. The van der Waals surface area contributed by atoms with Gasteiger partial charge in [0, 0.05) is 32.1 Å². The number of amides is 3. The van der Waals surface area contributed by atoms with Crippen molar-refractivity contribution in [3.8, 4) is 22.8 Å². The maximum absolute atomic E-state index is 13.8. The van der Waals surface area contributed by atoms with E-state index < -0.39 is 17.1 Å². The maximum atomic E-state index is 13.8. The largest absolute Gasteiger partial charge is 0.493 e. The molecule has 9 nitrogen and oxygen atoms in total. The molecule has 0 saturated heterocycles. The lowest BCUT2D eigenvalue weighted by molar-refractivity contribution is -0.116. The molecule has 6 rings (SSSR count). The van der Waals surface area contributed by atoms with E-state index in [1.54, 1.807) is 84.9 Å². The van der Waals surface area contributed by atoms with E-state index in [1.807, 2.05) is 53.9 Å². The quantitative estimate of drug-likeness (QED) is 0.0793. The van der Waals surface area contributed by atoms with Gasteiger partial charge in [0.1, 0.15) is 10.9 Å². The van der Waals surface area contributed by atoms with Crippen LogP contribution in [0, 0.1) is 0 Å². The van der Waals surface area contributed by atoms with Gasteiger partial charge < -0.3 is 25.4 Å². The van der Waals surface area contributed by atoms with Crippen LogP contribution in [0.5, 0.6) is 11.5 Å². The number of halogens is 1. The third-order valence-electron chi connectivity index (χ3n) is 7.81. The zero-order valence-electron chi connectivity index (χ0n) is 28.5. The van der Waals surface area contributed by atoms with Crippen LogP contribution in [0.2, 0.25) is 5.02 Å². The van der Waals surface area contributed by atoms with Gasteiger partial charge in [0.2, 0.25) is 5.91 Å². The molecule has 1 unspecified atom stereocenters. The van der Waals surface area contributed by atoms with Crippen molar-refractivity contribution >= 4 is 69.3 Å². The van der Waals surface area contributed by atoms with Crippen molar-refractivity contribution < 1.29 is 23.9 Å². The fraction of sp³-hybridized carbons (Fsp3) is 0.0732. The summed E-state index contributed by atoms with van der Waals surface area (Å²) in [5.74, 6) is -0.265. The Balaban J connectivity index is 1.22. The van der Waals surface area contributed by atoms with Gasteiger partial charge >= 0.3 is 0 Å². The number of thioether (sulfide) groups is 1. The molecule has 0 bridgehead atoms. The van der Waals surface area contributed by atoms with Crippen LogP contribution in [0.4, 0.5) is 10.8 Å². The molecule has 0 aliphatic heterocycles. The van der Waals surface area contributed by atoms with Crippen LogP contribution >= 0.6 is 34.7 Å². The van der Waals surface area contributed by atoms with Gasteiger partial charge in [-0.15, -0.1) is 23.1 Å². The monoisotopic (exact) mass is 760 g/mol. The Hall–Kier alpha value is -5.88. The van der Waals surface area contributed by atoms with Crippen molar-refractivity contribution in [2.45, 2.75) is 10.1 Å². The first-order valence-electron chi connectivity index (χ1n) is 16.2. The number of thiazole rings is 1. The number of anilines is 2. The molecule has 0 spiro atoms. The number of ether oxygens (including phenoxy) is 2. The highest BCUT2D eigenvalue weighted by molar-refractivity contribution is 8.00. The highest BCUT2D eigenvalue weighted by Gasteiger charge is 2.24. The number of hydrogen-bond donors (Lipinski definition) is 3. The number of hydrogen-bond acceptors (Lipinski definition) is 8. The number of rotatable bonds is 13. The van der Waals surface area contributed by atoms with Gasteiger partial charge in [-0.25, -0.2) is 4.98 Å². The average Bonchev–Trinajstić information content (AvgIpc) is 3.65. The first kappa shape index (κ1) is 36.9. The highest BCUT2D eigenvalue weighted by Crippen LogP contribution is 2.38. The highest BCUT2D eigenvalue weighted by atomic mass is 35.5. The van der Waals surface area contributed by atoms with E-state index in [4.69, 9.17) is 21.1 Å². The molecule has 0 saturated carbocycles. The molecule has 266 valence electrons. The van der Waals surface area contributed by atoms with Crippen LogP contribution in [0.1, 0.15) is 26.7 Å². The summed E-state index contributed by atoms with van der Waals surface area (Å²) in [6.07, 6.45) is 1.56. The van der Waals surface area contributed by atoms with Crippen LogP contribution in [-0.4, -0.2) is 36.9 Å². The Labute approximate surface area is 320 Å². The zero-order chi connectivity index (χ0) is 37.2. The van der Waals surface area contributed by atoms with Crippen LogP contribution in [-0.2, 0) is 9.59 Å². The van der Waals surface area contributed by atoms with Crippen molar-refractivity contribution in [1.29, 1.82) is 0 Å². The predicted molar refractivity (Wildman–Crippen MR) is 213 cm³/mol. The van der Waals surface area contributed by atoms with Gasteiger partial charge in [-0.3, -0.25) is 14.4 Å². The fourth-order valence-corrected chi connectivity index (χ4v) is 7.12. The van der Waals surface area contributed by atoms with E-state index in [1.165, 1.54) is 37.3 Å². The summed E-state index contributed by atoms with van der Waals surface area (Å²) in [6.45, 7) is 0. The van der Waals surface area contributed by atoms with Gasteiger partial charge in [0.05, 0.1) is 19.9 Å². The summed E-state index contributed by atoms with van der Waals surface area (Å²) in [7, 11) is 3.05. The van der Waals surface area contributed by atoms with Crippen molar-refractivity contribution in [3.05, 3.63) is 160 Å². The van der Waals surface area contributed by atoms with Crippen molar-refractivity contribution in [2.24, 2.45) is 0 Å². The molecule has 0 aliphatic rings. The lowest BCUT2D eigenvalue weighted by Crippen LogP contribution is -2.30. The molecule has 6 aromatic rings. The normalized spacial score (nSPS) is 11.6. The van der Waals surface area contributed by atoms with Gasteiger partial charge in [0.15, 0.2) is 16.6 Å². The zero-order valence-corrected chi connectivity index (χ0v) is 30.9. The number of carbonyl (C=O) groups is 3. The van der Waals surface area contributed by atoms with Crippen molar-refractivity contribution in [2.75, 3.05) is 24.9 Å². The summed E-state index contributed by atoms with van der Waals surface area (Å²) in [6, 6.07) is 37.7. The Morgan fingerprint density at radius 3 is 2.23 bits per heavy atom. The molecule has 1 atom stereocenters. The van der Waals surface area contributed by atoms with Crippen LogP contribution in [0.15, 0.2) is 143 Å². The summed E-state index contributed by atoms with van der Waals surface area (Å²) in [5, 5.41) is 11.0. The first-order valence-corrected chi connectivity index (χ1v) is 18.4. The molecule has 3 N–H and O–H groups in total. The van der Waals surface area contributed by atoms with Crippen LogP contribution in [0.25, 0.3) is 17.3 Å². The van der Waals surface area contributed by atoms with Crippen LogP contribution < -0.4 is 25.4 Å². The van der Waals surface area contributed by atoms with Gasteiger partial charge in [0.25, 0.3) is 11.8 Å². The van der Waals surface area contributed by atoms with E-state index in [-0.39, 0.29) is 11.6 Å². The summed E-state index contributed by atoms with van der Waals surface area (Å²) in [5.41, 5.74) is 3.87. The third kappa shape index (κ3) is 9.72. The third-order valence-corrected chi connectivity index (χ3v) is 10.1. The Morgan fingerprint density at radius 1 is 0.792 bits per heavy atom. The summed E-state index contributed by atoms with van der Waals surface area (Å²) in [4.78, 5) is 46.2. The number of carbonyl (C=O) groups excluding carboxylic acids is 3. The topological polar surface area (TPSA) is 119 Å². The average molecular weight is 761 g/mol. The number of methoxy groups -OCH3 is 2. The Bertz CT molecular complexity index is 2250. The molecular formula is C41H33ClN4O5S2. The second-order valence-electron chi connectivity index (χ2n) is 11.4. The second-order valence-corrected chi connectivity index (χ2v) is 13.9. The molecule has 53 heavy (non-hydrogen) atoms. The number of aromatic nitrogens is 1. The summed E-state index contributed by atoms with van der Waals surface area (Å²) >= 11 is 8.71. The smallest absolute Gasteiger partial charge is 0.272 e. The van der Waals surface area contributed by atoms with E-state index in [0.717, 1.165) is 21.7 Å². The van der Waals surface area contributed by atoms with E-state index in [2.05, 4.69) is 20.9 Å². The molecule has 5 aromatic carbocycles. The first-order chi connectivity index (χ1) is 25.8. The molecule has 0 radical (unpaired) electrons. The van der Waals surface area contributed by atoms with Gasteiger partial charge in [-0.1, -0.05) is 84.4 Å². The minimum absolute atomic E-state index is 0.00656.